The lowest BCUT2D eigenvalue weighted by Gasteiger charge is -1.97. The molecule has 16 heavy (non-hydrogen) atoms. The van der Waals surface area contributed by atoms with Gasteiger partial charge in [-0.15, -0.1) is 0 Å². The Bertz CT molecular complexity index is 373. The van der Waals surface area contributed by atoms with Crippen molar-refractivity contribution < 1.29 is 19.1 Å². The Balaban J connectivity index is 2.76. The molecule has 0 unspecified atom stereocenters. The molecule has 0 aliphatic heterocycles. The lowest BCUT2D eigenvalue weighted by atomic mass is 10.1. The van der Waals surface area contributed by atoms with Crippen LogP contribution < -0.4 is 5.32 Å². The number of hydrogen-bond donors (Lipinski definition) is 2. The van der Waals surface area contributed by atoms with Crippen LogP contribution in [-0.2, 0) is 17.6 Å². The Kier molecular flexibility index (Phi) is 4.10. The molecule has 0 aromatic carbocycles. The van der Waals surface area contributed by atoms with E-state index in [0.717, 1.165) is 24.2 Å². The second kappa shape index (κ2) is 5.34. The first kappa shape index (κ1) is 12.3. The predicted molar refractivity (Wildman–Crippen MR) is 57.4 cm³/mol. The molecular weight excluding hydrogens is 210 g/mol. The van der Waals surface area contributed by atoms with Crippen LogP contribution in [-0.4, -0.2) is 23.5 Å². The molecule has 1 aromatic heterocycles. The minimum absolute atomic E-state index is 0.176. The van der Waals surface area contributed by atoms with E-state index < -0.39 is 18.4 Å². The topological polar surface area (TPSA) is 79.5 Å². The van der Waals surface area contributed by atoms with Gasteiger partial charge in [0.2, 0.25) is 0 Å². The smallest absolute Gasteiger partial charge is 0.322 e. The van der Waals surface area contributed by atoms with Crippen molar-refractivity contribution in [2.24, 2.45) is 0 Å². The van der Waals surface area contributed by atoms with E-state index in [2.05, 4.69) is 5.32 Å². The van der Waals surface area contributed by atoms with Gasteiger partial charge in [0.25, 0.3) is 5.91 Å². The van der Waals surface area contributed by atoms with Crippen molar-refractivity contribution >= 4 is 11.9 Å². The Morgan fingerprint density at radius 2 is 2.06 bits per heavy atom. The maximum absolute atomic E-state index is 11.5. The fourth-order valence-corrected chi connectivity index (χ4v) is 1.42. The van der Waals surface area contributed by atoms with E-state index in [-0.39, 0.29) is 5.76 Å². The van der Waals surface area contributed by atoms with Crippen LogP contribution in [0, 0.1) is 0 Å². The summed E-state index contributed by atoms with van der Waals surface area (Å²) in [6, 6.07) is 1.66. The summed E-state index contributed by atoms with van der Waals surface area (Å²) in [5.74, 6) is -0.610. The summed E-state index contributed by atoms with van der Waals surface area (Å²) in [5.41, 5.74) is 0.989. The van der Waals surface area contributed by atoms with Crippen LogP contribution in [0.15, 0.2) is 10.5 Å². The Morgan fingerprint density at radius 3 is 2.50 bits per heavy atom. The van der Waals surface area contributed by atoms with Crippen LogP contribution in [0.25, 0.3) is 0 Å². The maximum atomic E-state index is 11.5. The van der Waals surface area contributed by atoms with Gasteiger partial charge in [0, 0.05) is 6.42 Å². The Hall–Kier alpha value is -1.78. The number of carbonyl (C=O) groups excluding carboxylic acids is 1. The van der Waals surface area contributed by atoms with Gasteiger partial charge in [0.15, 0.2) is 5.76 Å². The standard InChI is InChI=1S/C11H15NO4/c1-3-7-5-9(16-8(7)4-2)11(15)12-6-10(13)14/h5H,3-4,6H2,1-2H3,(H,12,15)(H,13,14). The fraction of sp³-hybridized carbons (Fsp3) is 0.455. The van der Waals surface area contributed by atoms with Gasteiger partial charge in [-0.05, 0) is 18.1 Å². The number of nitrogens with one attached hydrogen (secondary N) is 1. The zero-order chi connectivity index (χ0) is 12.1. The molecule has 0 fully saturated rings. The first-order chi connectivity index (χ1) is 7.58. The Morgan fingerprint density at radius 1 is 1.38 bits per heavy atom. The molecule has 0 saturated carbocycles. The van der Waals surface area contributed by atoms with Crippen molar-refractivity contribution in [2.75, 3.05) is 6.54 Å². The third-order valence-electron chi connectivity index (χ3n) is 2.22. The van der Waals surface area contributed by atoms with E-state index in [9.17, 15) is 9.59 Å². The molecule has 1 rings (SSSR count). The van der Waals surface area contributed by atoms with Crippen LogP contribution in [0.2, 0.25) is 0 Å². The number of furan rings is 1. The van der Waals surface area contributed by atoms with E-state index in [1.54, 1.807) is 6.07 Å². The zero-order valence-electron chi connectivity index (χ0n) is 9.37. The zero-order valence-corrected chi connectivity index (χ0v) is 9.37. The molecule has 0 radical (unpaired) electrons. The molecular formula is C11H15NO4. The summed E-state index contributed by atoms with van der Waals surface area (Å²) >= 11 is 0. The molecule has 2 N–H and O–H groups in total. The van der Waals surface area contributed by atoms with Crippen LogP contribution in [0.1, 0.15) is 35.7 Å². The van der Waals surface area contributed by atoms with Crippen molar-refractivity contribution in [2.45, 2.75) is 26.7 Å². The van der Waals surface area contributed by atoms with E-state index in [0.29, 0.717) is 0 Å². The average molecular weight is 225 g/mol. The van der Waals surface area contributed by atoms with Crippen molar-refractivity contribution in [3.8, 4) is 0 Å². The highest BCUT2D eigenvalue weighted by Gasteiger charge is 2.15. The minimum atomic E-state index is -1.08. The van der Waals surface area contributed by atoms with Crippen molar-refractivity contribution in [3.05, 3.63) is 23.2 Å². The summed E-state index contributed by atoms with van der Waals surface area (Å²) < 4.78 is 5.34. The highest BCUT2D eigenvalue weighted by Crippen LogP contribution is 2.16. The third kappa shape index (κ3) is 2.85. The van der Waals surface area contributed by atoms with Gasteiger partial charge >= 0.3 is 5.97 Å². The summed E-state index contributed by atoms with van der Waals surface area (Å²) in [7, 11) is 0. The third-order valence-corrected chi connectivity index (χ3v) is 2.22. The first-order valence-corrected chi connectivity index (χ1v) is 5.20. The number of carbonyl (C=O) groups is 2. The monoisotopic (exact) mass is 225 g/mol. The van der Waals surface area contributed by atoms with Gasteiger partial charge in [-0.1, -0.05) is 13.8 Å². The second-order valence-electron chi connectivity index (χ2n) is 3.34. The van der Waals surface area contributed by atoms with Gasteiger partial charge < -0.3 is 14.8 Å². The fourth-order valence-electron chi connectivity index (χ4n) is 1.42. The molecule has 88 valence electrons. The number of amides is 1. The normalized spacial score (nSPS) is 10.1. The van der Waals surface area contributed by atoms with E-state index in [1.165, 1.54) is 0 Å². The molecule has 0 saturated heterocycles. The number of hydrogen-bond acceptors (Lipinski definition) is 3. The molecule has 5 nitrogen and oxygen atoms in total. The molecule has 1 amide bonds. The lowest BCUT2D eigenvalue weighted by molar-refractivity contribution is -0.135. The highest BCUT2D eigenvalue weighted by atomic mass is 16.4. The molecule has 0 bridgehead atoms. The van der Waals surface area contributed by atoms with Gasteiger partial charge in [-0.25, -0.2) is 0 Å². The van der Waals surface area contributed by atoms with Gasteiger partial charge in [-0.2, -0.15) is 0 Å². The molecule has 5 heteroatoms. The minimum Gasteiger partial charge on any atom is -0.480 e. The number of carboxylic acid groups (broad SMARTS) is 1. The summed E-state index contributed by atoms with van der Waals surface area (Å²) in [4.78, 5) is 21.8. The van der Waals surface area contributed by atoms with E-state index in [4.69, 9.17) is 9.52 Å². The van der Waals surface area contributed by atoms with Crippen LogP contribution in [0.5, 0.6) is 0 Å². The number of aryl methyl sites for hydroxylation is 2. The molecule has 0 atom stereocenters. The molecule has 1 heterocycles. The lowest BCUT2D eigenvalue weighted by Crippen LogP contribution is -2.28. The SMILES string of the molecule is CCc1cc(C(=O)NCC(=O)O)oc1CC. The number of aliphatic carboxylic acids is 1. The van der Waals surface area contributed by atoms with Crippen LogP contribution >= 0.6 is 0 Å². The van der Waals surface area contributed by atoms with E-state index >= 15 is 0 Å². The predicted octanol–water partition coefficient (Wildman–Crippen LogP) is 1.22. The highest BCUT2D eigenvalue weighted by molar-refractivity contribution is 5.93. The average Bonchev–Trinajstić information content (AvgIpc) is 2.68. The Labute approximate surface area is 93.4 Å². The maximum Gasteiger partial charge on any atom is 0.322 e. The molecule has 1 aromatic rings. The summed E-state index contributed by atoms with van der Waals surface area (Å²) in [6.07, 6.45) is 1.51. The second-order valence-corrected chi connectivity index (χ2v) is 3.34. The number of rotatable bonds is 5. The molecule has 0 aliphatic carbocycles. The van der Waals surface area contributed by atoms with Gasteiger partial charge in [0.05, 0.1) is 0 Å². The van der Waals surface area contributed by atoms with Crippen molar-refractivity contribution in [3.63, 3.8) is 0 Å². The van der Waals surface area contributed by atoms with Crippen molar-refractivity contribution in [1.29, 1.82) is 0 Å². The van der Waals surface area contributed by atoms with Gasteiger partial charge in [0.1, 0.15) is 12.3 Å². The number of carboxylic acids is 1. The first-order valence-electron chi connectivity index (χ1n) is 5.20. The quantitative estimate of drug-likeness (QED) is 0.789. The van der Waals surface area contributed by atoms with E-state index in [1.807, 2.05) is 13.8 Å². The van der Waals surface area contributed by atoms with Crippen molar-refractivity contribution in [1.82, 2.24) is 5.32 Å². The molecule has 0 spiro atoms. The van der Waals surface area contributed by atoms with Crippen LogP contribution in [0.4, 0.5) is 0 Å². The molecule has 0 aliphatic rings. The summed E-state index contributed by atoms with van der Waals surface area (Å²) in [6.45, 7) is 3.52. The largest absolute Gasteiger partial charge is 0.480 e. The van der Waals surface area contributed by atoms with Crippen LogP contribution in [0.3, 0.4) is 0 Å². The summed E-state index contributed by atoms with van der Waals surface area (Å²) in [5, 5.41) is 10.7. The van der Waals surface area contributed by atoms with Gasteiger partial charge in [-0.3, -0.25) is 9.59 Å².